The molecule has 0 spiro atoms. The van der Waals surface area contributed by atoms with Crippen LogP contribution in [0.15, 0.2) is 42.5 Å². The van der Waals surface area contributed by atoms with Crippen LogP contribution in [0.2, 0.25) is 20.1 Å². The number of aromatic amines is 1. The number of piperazine rings is 1. The minimum absolute atomic E-state index is 0.0759. The molecule has 1 fully saturated rings. The lowest BCUT2D eigenvalue weighted by Crippen LogP contribution is -2.48. The molecular weight excluding hydrogens is 466 g/mol. The van der Waals surface area contributed by atoms with Crippen LogP contribution in [-0.4, -0.2) is 52.1 Å². The third kappa shape index (κ3) is 4.76. The number of amides is 1. The molecule has 0 bridgehead atoms. The van der Waals surface area contributed by atoms with Crippen molar-refractivity contribution < 1.29 is 4.79 Å². The summed E-state index contributed by atoms with van der Waals surface area (Å²) in [5.41, 5.74) is 2.87. The molecule has 2 aromatic carbocycles. The Balaban J connectivity index is 1.37. The summed E-state index contributed by atoms with van der Waals surface area (Å²) in [6.45, 7) is 3.58. The number of benzene rings is 2. The molecule has 30 heavy (non-hydrogen) atoms. The average Bonchev–Trinajstić information content (AvgIpc) is 3.21. The molecule has 1 aliphatic rings. The number of hydrogen-bond donors (Lipinski definition) is 1. The van der Waals surface area contributed by atoms with Gasteiger partial charge in [-0.3, -0.25) is 14.8 Å². The first-order valence-corrected chi connectivity index (χ1v) is 10.9. The summed E-state index contributed by atoms with van der Waals surface area (Å²) in [5, 5.41) is 9.22. The van der Waals surface area contributed by atoms with Crippen molar-refractivity contribution in [2.75, 3.05) is 26.2 Å². The monoisotopic (exact) mass is 482 g/mol. The second-order valence-electron chi connectivity index (χ2n) is 7.11. The first kappa shape index (κ1) is 21.5. The Bertz CT molecular complexity index is 1080. The molecule has 0 atom stereocenters. The van der Waals surface area contributed by atoms with E-state index in [2.05, 4.69) is 15.1 Å². The second kappa shape index (κ2) is 9.16. The smallest absolute Gasteiger partial charge is 0.271 e. The molecular formula is C21H18Cl4N4O. The lowest BCUT2D eigenvalue weighted by molar-refractivity contribution is 0.0622. The molecule has 9 heteroatoms. The van der Waals surface area contributed by atoms with Gasteiger partial charge in [-0.25, -0.2) is 0 Å². The highest BCUT2D eigenvalue weighted by Gasteiger charge is 2.24. The van der Waals surface area contributed by atoms with Gasteiger partial charge in [-0.15, -0.1) is 0 Å². The van der Waals surface area contributed by atoms with E-state index in [0.717, 1.165) is 30.8 Å². The van der Waals surface area contributed by atoms with E-state index in [0.29, 0.717) is 44.6 Å². The van der Waals surface area contributed by atoms with Crippen LogP contribution in [0.25, 0.3) is 11.3 Å². The van der Waals surface area contributed by atoms with Gasteiger partial charge in [0, 0.05) is 43.3 Å². The Morgan fingerprint density at radius 1 is 0.900 bits per heavy atom. The summed E-state index contributed by atoms with van der Waals surface area (Å²) in [4.78, 5) is 17.0. The van der Waals surface area contributed by atoms with Gasteiger partial charge >= 0.3 is 0 Å². The molecule has 0 radical (unpaired) electrons. The predicted molar refractivity (Wildman–Crippen MR) is 122 cm³/mol. The summed E-state index contributed by atoms with van der Waals surface area (Å²) in [5.74, 6) is -0.0759. The Hall–Kier alpha value is -1.76. The highest BCUT2D eigenvalue weighted by Crippen LogP contribution is 2.29. The van der Waals surface area contributed by atoms with E-state index in [4.69, 9.17) is 46.4 Å². The van der Waals surface area contributed by atoms with E-state index in [1.165, 1.54) is 0 Å². The first-order chi connectivity index (χ1) is 14.4. The minimum Gasteiger partial charge on any atom is -0.335 e. The standard InChI is InChI=1S/C21H18Cl4N4O/c22-14-2-3-15(17(24)10-14)19-11-20(27-26-19)21(30)29-7-5-28(6-8-29)12-13-1-4-16(23)18(25)9-13/h1-4,9-11H,5-8,12H2,(H,26,27). The fourth-order valence-electron chi connectivity index (χ4n) is 3.44. The molecule has 3 aromatic rings. The summed E-state index contributed by atoms with van der Waals surface area (Å²) in [6, 6.07) is 12.6. The number of H-pyrrole nitrogens is 1. The SMILES string of the molecule is O=C(c1cc(-c2ccc(Cl)cc2Cl)n[nH]1)N1CCN(Cc2ccc(Cl)c(Cl)c2)CC1. The highest BCUT2D eigenvalue weighted by molar-refractivity contribution is 6.42. The van der Waals surface area contributed by atoms with Crippen molar-refractivity contribution in [2.24, 2.45) is 0 Å². The van der Waals surface area contributed by atoms with Crippen molar-refractivity contribution in [3.05, 3.63) is 73.8 Å². The topological polar surface area (TPSA) is 52.2 Å². The number of carbonyl (C=O) groups is 1. The number of nitrogens with zero attached hydrogens (tertiary/aromatic N) is 3. The Kier molecular flexibility index (Phi) is 6.56. The fraction of sp³-hybridized carbons (Fsp3) is 0.238. The van der Waals surface area contributed by atoms with E-state index in [-0.39, 0.29) is 5.91 Å². The number of nitrogens with one attached hydrogen (secondary N) is 1. The summed E-state index contributed by atoms with van der Waals surface area (Å²) >= 11 is 24.3. The molecule has 1 amide bonds. The van der Waals surface area contributed by atoms with Crippen molar-refractivity contribution in [2.45, 2.75) is 6.54 Å². The van der Waals surface area contributed by atoms with Gasteiger partial charge < -0.3 is 4.90 Å². The number of halogens is 4. The molecule has 156 valence electrons. The molecule has 1 saturated heterocycles. The van der Waals surface area contributed by atoms with Gasteiger partial charge in [0.1, 0.15) is 5.69 Å². The van der Waals surface area contributed by atoms with Gasteiger partial charge in [-0.2, -0.15) is 5.10 Å². The Morgan fingerprint density at radius 3 is 2.37 bits per heavy atom. The Morgan fingerprint density at radius 2 is 1.67 bits per heavy atom. The number of carbonyl (C=O) groups excluding carboxylic acids is 1. The fourth-order valence-corrected chi connectivity index (χ4v) is 4.27. The molecule has 4 rings (SSSR count). The second-order valence-corrected chi connectivity index (χ2v) is 8.77. The van der Waals surface area contributed by atoms with Crippen molar-refractivity contribution in [3.8, 4) is 11.3 Å². The van der Waals surface area contributed by atoms with Crippen molar-refractivity contribution in [1.29, 1.82) is 0 Å². The maximum absolute atomic E-state index is 12.9. The van der Waals surface area contributed by atoms with E-state index in [9.17, 15) is 4.79 Å². The molecule has 1 N–H and O–H groups in total. The van der Waals surface area contributed by atoms with Gasteiger partial charge in [0.25, 0.3) is 5.91 Å². The van der Waals surface area contributed by atoms with Crippen molar-refractivity contribution >= 4 is 52.3 Å². The molecule has 1 aliphatic heterocycles. The van der Waals surface area contributed by atoms with Crippen LogP contribution in [0.1, 0.15) is 16.1 Å². The van der Waals surface area contributed by atoms with Crippen molar-refractivity contribution in [1.82, 2.24) is 20.0 Å². The van der Waals surface area contributed by atoms with Gasteiger partial charge in [0.05, 0.1) is 20.8 Å². The lowest BCUT2D eigenvalue weighted by atomic mass is 10.1. The quantitative estimate of drug-likeness (QED) is 0.521. The summed E-state index contributed by atoms with van der Waals surface area (Å²) in [7, 11) is 0. The molecule has 1 aromatic heterocycles. The molecule has 5 nitrogen and oxygen atoms in total. The van der Waals surface area contributed by atoms with Crippen LogP contribution >= 0.6 is 46.4 Å². The molecule has 2 heterocycles. The number of rotatable bonds is 4. The molecule has 0 unspecified atom stereocenters. The zero-order chi connectivity index (χ0) is 21.3. The minimum atomic E-state index is -0.0759. The third-order valence-corrected chi connectivity index (χ3v) is 6.35. The van der Waals surface area contributed by atoms with E-state index < -0.39 is 0 Å². The maximum Gasteiger partial charge on any atom is 0.271 e. The van der Waals surface area contributed by atoms with Gasteiger partial charge in [-0.05, 0) is 42.0 Å². The van der Waals surface area contributed by atoms with Gasteiger partial charge in [0.15, 0.2) is 0 Å². The third-order valence-electron chi connectivity index (χ3n) is 5.07. The van der Waals surface area contributed by atoms with Crippen LogP contribution < -0.4 is 0 Å². The first-order valence-electron chi connectivity index (χ1n) is 9.37. The number of aromatic nitrogens is 2. The predicted octanol–water partition coefficient (Wildman–Crippen LogP) is 5.65. The largest absolute Gasteiger partial charge is 0.335 e. The van der Waals surface area contributed by atoms with E-state index in [1.807, 2.05) is 23.1 Å². The van der Waals surface area contributed by atoms with Gasteiger partial charge in [0.2, 0.25) is 0 Å². The lowest BCUT2D eigenvalue weighted by Gasteiger charge is -2.34. The van der Waals surface area contributed by atoms with Crippen LogP contribution in [0.3, 0.4) is 0 Å². The van der Waals surface area contributed by atoms with Crippen LogP contribution in [-0.2, 0) is 6.54 Å². The normalized spacial score (nSPS) is 14.9. The Labute approximate surface area is 194 Å². The summed E-state index contributed by atoms with van der Waals surface area (Å²) in [6.07, 6.45) is 0. The maximum atomic E-state index is 12.9. The van der Waals surface area contributed by atoms with Crippen LogP contribution in [0, 0.1) is 0 Å². The van der Waals surface area contributed by atoms with Crippen molar-refractivity contribution in [3.63, 3.8) is 0 Å². The van der Waals surface area contributed by atoms with Crippen LogP contribution in [0.5, 0.6) is 0 Å². The zero-order valence-corrected chi connectivity index (χ0v) is 18.9. The number of hydrogen-bond acceptors (Lipinski definition) is 3. The van der Waals surface area contributed by atoms with E-state index in [1.54, 1.807) is 24.3 Å². The summed E-state index contributed by atoms with van der Waals surface area (Å²) < 4.78 is 0. The zero-order valence-electron chi connectivity index (χ0n) is 15.8. The van der Waals surface area contributed by atoms with E-state index >= 15 is 0 Å². The highest BCUT2D eigenvalue weighted by atomic mass is 35.5. The average molecular weight is 484 g/mol. The van der Waals surface area contributed by atoms with Crippen LogP contribution in [0.4, 0.5) is 0 Å². The molecule has 0 saturated carbocycles. The molecule has 0 aliphatic carbocycles. The van der Waals surface area contributed by atoms with Gasteiger partial charge in [-0.1, -0.05) is 52.5 Å².